The SMILES string of the molecule is Cc1cc(C)c(C(c2ccccc2C)c2cc(C3CCCCC3)c(C)cc2C)cc1C1CCCCC1. The van der Waals surface area contributed by atoms with Gasteiger partial charge < -0.3 is 0 Å². The Balaban J connectivity index is 1.69. The summed E-state index contributed by atoms with van der Waals surface area (Å²) in [4.78, 5) is 0. The molecule has 0 amide bonds. The monoisotopic (exact) mass is 478 g/mol. The fourth-order valence-corrected chi connectivity index (χ4v) is 7.52. The lowest BCUT2D eigenvalue weighted by Crippen LogP contribution is -2.14. The van der Waals surface area contributed by atoms with Crippen molar-refractivity contribution in [3.05, 3.63) is 104 Å². The molecule has 190 valence electrons. The van der Waals surface area contributed by atoms with E-state index in [1.165, 1.54) is 109 Å². The summed E-state index contributed by atoms with van der Waals surface area (Å²) in [5.41, 5.74) is 15.0. The van der Waals surface area contributed by atoms with E-state index >= 15 is 0 Å². The van der Waals surface area contributed by atoms with Crippen molar-refractivity contribution in [2.24, 2.45) is 0 Å². The third kappa shape index (κ3) is 5.06. The highest BCUT2D eigenvalue weighted by molar-refractivity contribution is 5.55. The lowest BCUT2D eigenvalue weighted by Gasteiger charge is -2.30. The molecule has 0 bridgehead atoms. The predicted octanol–water partition coefficient (Wildman–Crippen LogP) is 10.5. The van der Waals surface area contributed by atoms with Crippen LogP contribution in [0.25, 0.3) is 0 Å². The van der Waals surface area contributed by atoms with Crippen LogP contribution in [-0.4, -0.2) is 0 Å². The van der Waals surface area contributed by atoms with Gasteiger partial charge in [-0.15, -0.1) is 0 Å². The van der Waals surface area contributed by atoms with E-state index in [1.807, 2.05) is 0 Å². The van der Waals surface area contributed by atoms with Gasteiger partial charge in [-0.25, -0.2) is 0 Å². The normalized spacial score (nSPS) is 17.6. The van der Waals surface area contributed by atoms with Crippen LogP contribution in [0.3, 0.4) is 0 Å². The first-order valence-corrected chi connectivity index (χ1v) is 14.7. The first-order chi connectivity index (χ1) is 17.4. The quantitative estimate of drug-likeness (QED) is 0.320. The molecule has 0 spiro atoms. The maximum atomic E-state index is 2.64. The van der Waals surface area contributed by atoms with Gasteiger partial charge in [0.2, 0.25) is 0 Å². The van der Waals surface area contributed by atoms with Gasteiger partial charge in [0.1, 0.15) is 0 Å². The van der Waals surface area contributed by atoms with Crippen molar-refractivity contribution in [1.82, 2.24) is 0 Å². The second kappa shape index (κ2) is 11.0. The van der Waals surface area contributed by atoms with Crippen LogP contribution < -0.4 is 0 Å². The average Bonchev–Trinajstić information content (AvgIpc) is 2.88. The second-order valence-corrected chi connectivity index (χ2v) is 12.1. The zero-order valence-electron chi connectivity index (χ0n) is 23.4. The summed E-state index contributed by atoms with van der Waals surface area (Å²) in [5.74, 6) is 1.75. The largest absolute Gasteiger partial charge is 0.0620 e. The van der Waals surface area contributed by atoms with Gasteiger partial charge in [0.05, 0.1) is 0 Å². The molecular formula is C36H46. The maximum absolute atomic E-state index is 2.64. The summed E-state index contributed by atoms with van der Waals surface area (Å²) in [7, 11) is 0. The number of hydrogen-bond acceptors (Lipinski definition) is 0. The van der Waals surface area contributed by atoms with Gasteiger partial charge in [-0.2, -0.15) is 0 Å². The van der Waals surface area contributed by atoms with E-state index in [2.05, 4.69) is 83.1 Å². The summed E-state index contributed by atoms with van der Waals surface area (Å²) in [6.07, 6.45) is 13.8. The zero-order chi connectivity index (χ0) is 25.2. The van der Waals surface area contributed by atoms with Crippen molar-refractivity contribution in [3.63, 3.8) is 0 Å². The van der Waals surface area contributed by atoms with Crippen molar-refractivity contribution in [1.29, 1.82) is 0 Å². The van der Waals surface area contributed by atoms with Crippen LogP contribution in [0.4, 0.5) is 0 Å². The third-order valence-corrected chi connectivity index (χ3v) is 9.52. The van der Waals surface area contributed by atoms with E-state index in [9.17, 15) is 0 Å². The predicted molar refractivity (Wildman–Crippen MR) is 156 cm³/mol. The molecule has 0 radical (unpaired) electrons. The molecule has 2 aliphatic rings. The molecule has 0 aromatic heterocycles. The summed E-state index contributed by atoms with van der Waals surface area (Å²) in [6, 6.07) is 19.4. The van der Waals surface area contributed by atoms with E-state index in [-0.39, 0.29) is 5.92 Å². The number of hydrogen-bond donors (Lipinski definition) is 0. The number of aryl methyl sites for hydroxylation is 5. The van der Waals surface area contributed by atoms with E-state index < -0.39 is 0 Å². The molecule has 0 N–H and O–H groups in total. The Hall–Kier alpha value is -2.34. The van der Waals surface area contributed by atoms with Gasteiger partial charge >= 0.3 is 0 Å². The van der Waals surface area contributed by atoms with Crippen LogP contribution in [0.2, 0.25) is 0 Å². The summed E-state index contributed by atoms with van der Waals surface area (Å²) < 4.78 is 0. The number of benzene rings is 3. The first-order valence-electron chi connectivity index (χ1n) is 14.7. The smallest absolute Gasteiger partial charge is 0.0348 e. The molecule has 0 atom stereocenters. The number of rotatable bonds is 5. The molecule has 5 rings (SSSR count). The fourth-order valence-electron chi connectivity index (χ4n) is 7.52. The Labute approximate surface area is 220 Å². The standard InChI is InChI=1S/C36H46/c1-24-14-12-13-19-31(24)36(34-22-32(25(2)20-27(34)4)29-15-8-6-9-16-29)35-23-33(26(3)21-28(35)5)30-17-10-7-11-18-30/h12-14,19-23,29-30,36H,6-11,15-18H2,1-5H3. The van der Waals surface area contributed by atoms with Crippen LogP contribution in [0.1, 0.15) is 138 Å². The van der Waals surface area contributed by atoms with Crippen molar-refractivity contribution in [3.8, 4) is 0 Å². The molecule has 2 saturated carbocycles. The highest BCUT2D eigenvalue weighted by Crippen LogP contribution is 2.43. The average molecular weight is 479 g/mol. The molecule has 0 saturated heterocycles. The highest BCUT2D eigenvalue weighted by Gasteiger charge is 2.27. The van der Waals surface area contributed by atoms with E-state index in [1.54, 1.807) is 11.1 Å². The van der Waals surface area contributed by atoms with Crippen LogP contribution in [0.15, 0.2) is 48.5 Å². The summed E-state index contributed by atoms with van der Waals surface area (Å²) in [6.45, 7) is 11.7. The molecule has 2 fully saturated rings. The molecule has 0 unspecified atom stereocenters. The summed E-state index contributed by atoms with van der Waals surface area (Å²) in [5, 5.41) is 0. The van der Waals surface area contributed by atoms with Crippen LogP contribution in [0.5, 0.6) is 0 Å². The first kappa shape index (κ1) is 25.3. The minimum absolute atomic E-state index is 0.289. The molecular weight excluding hydrogens is 432 g/mol. The fraction of sp³-hybridized carbons (Fsp3) is 0.500. The van der Waals surface area contributed by atoms with E-state index in [0.717, 1.165) is 11.8 Å². The molecule has 36 heavy (non-hydrogen) atoms. The van der Waals surface area contributed by atoms with Gasteiger partial charge in [0.15, 0.2) is 0 Å². The van der Waals surface area contributed by atoms with Gasteiger partial charge in [0, 0.05) is 5.92 Å². The van der Waals surface area contributed by atoms with Crippen molar-refractivity contribution in [2.75, 3.05) is 0 Å². The Morgan fingerprint density at radius 2 is 0.917 bits per heavy atom. The molecule has 3 aromatic rings. The lowest BCUT2D eigenvalue weighted by atomic mass is 9.74. The molecule has 2 aliphatic carbocycles. The minimum Gasteiger partial charge on any atom is -0.0620 e. The van der Waals surface area contributed by atoms with Gasteiger partial charge in [-0.3, -0.25) is 0 Å². The second-order valence-electron chi connectivity index (χ2n) is 12.1. The molecule has 0 heteroatoms. The third-order valence-electron chi connectivity index (χ3n) is 9.52. The van der Waals surface area contributed by atoms with Crippen LogP contribution >= 0.6 is 0 Å². The summed E-state index contributed by atoms with van der Waals surface area (Å²) >= 11 is 0. The minimum atomic E-state index is 0.289. The Bertz CT molecular complexity index is 1130. The van der Waals surface area contributed by atoms with Crippen molar-refractivity contribution < 1.29 is 0 Å². The van der Waals surface area contributed by atoms with Crippen LogP contribution in [0, 0.1) is 34.6 Å². The van der Waals surface area contributed by atoms with Crippen molar-refractivity contribution in [2.45, 2.75) is 117 Å². The van der Waals surface area contributed by atoms with Crippen LogP contribution in [-0.2, 0) is 0 Å². The Morgan fingerprint density at radius 3 is 1.36 bits per heavy atom. The molecule has 0 aliphatic heterocycles. The topological polar surface area (TPSA) is 0 Å². The maximum Gasteiger partial charge on any atom is 0.0348 e. The molecule has 0 heterocycles. The Kier molecular flexibility index (Phi) is 7.71. The zero-order valence-corrected chi connectivity index (χ0v) is 23.4. The lowest BCUT2D eigenvalue weighted by molar-refractivity contribution is 0.442. The highest BCUT2D eigenvalue weighted by atomic mass is 14.3. The van der Waals surface area contributed by atoms with Gasteiger partial charge in [-0.05, 0) is 128 Å². The van der Waals surface area contributed by atoms with E-state index in [0.29, 0.717) is 0 Å². The molecule has 0 nitrogen and oxygen atoms in total. The van der Waals surface area contributed by atoms with Crippen molar-refractivity contribution >= 4 is 0 Å². The van der Waals surface area contributed by atoms with Gasteiger partial charge in [-0.1, -0.05) is 87.1 Å². The molecule has 3 aromatic carbocycles. The van der Waals surface area contributed by atoms with E-state index in [4.69, 9.17) is 0 Å². The Morgan fingerprint density at radius 1 is 0.472 bits per heavy atom. The van der Waals surface area contributed by atoms with Gasteiger partial charge in [0.25, 0.3) is 0 Å².